The molecule has 0 spiro atoms. The predicted molar refractivity (Wildman–Crippen MR) is 99.5 cm³/mol. The van der Waals surface area contributed by atoms with Crippen LogP contribution in [-0.2, 0) is 6.54 Å². The van der Waals surface area contributed by atoms with E-state index in [1.54, 1.807) is 47.0 Å². The van der Waals surface area contributed by atoms with Crippen molar-refractivity contribution in [1.82, 2.24) is 4.57 Å². The molecule has 0 unspecified atom stereocenters. The second kappa shape index (κ2) is 6.86. The second-order valence-electron chi connectivity index (χ2n) is 5.37. The molecule has 0 saturated heterocycles. The standard InChI is InChI=1S/C18H16ClN3O3/c1-2-21-16-9-8-12(10-14(16)15(19)11-17(21)23)20-22(18(24)25)13-6-4-3-5-7-13/h3-11,20H,2H2,1H3,(H,24,25). The quantitative estimate of drug-likeness (QED) is 0.687. The molecule has 2 aromatic carbocycles. The van der Waals surface area contributed by atoms with Crippen LogP contribution in [0.15, 0.2) is 59.4 Å². The first kappa shape index (κ1) is 16.9. The lowest BCUT2D eigenvalue weighted by atomic mass is 10.2. The summed E-state index contributed by atoms with van der Waals surface area (Å²) in [5, 5.41) is 11.5. The van der Waals surface area contributed by atoms with Crippen molar-refractivity contribution < 1.29 is 9.90 Å². The van der Waals surface area contributed by atoms with Gasteiger partial charge in [0.15, 0.2) is 0 Å². The maximum atomic E-state index is 12.0. The number of para-hydroxylation sites is 1. The van der Waals surface area contributed by atoms with Crippen molar-refractivity contribution in [3.63, 3.8) is 0 Å². The lowest BCUT2D eigenvalue weighted by Gasteiger charge is -2.21. The number of nitrogens with zero attached hydrogens (tertiary/aromatic N) is 2. The van der Waals surface area contributed by atoms with Crippen molar-refractivity contribution in [2.75, 3.05) is 10.4 Å². The number of carboxylic acid groups (broad SMARTS) is 1. The van der Waals surface area contributed by atoms with Crippen LogP contribution in [0, 0.1) is 0 Å². The van der Waals surface area contributed by atoms with Crippen molar-refractivity contribution in [3.8, 4) is 0 Å². The van der Waals surface area contributed by atoms with Crippen LogP contribution in [0.1, 0.15) is 6.92 Å². The Bertz CT molecular complexity index is 986. The van der Waals surface area contributed by atoms with Gasteiger partial charge < -0.3 is 9.67 Å². The number of rotatable bonds is 4. The third-order valence-corrected chi connectivity index (χ3v) is 4.14. The van der Waals surface area contributed by atoms with E-state index in [9.17, 15) is 14.7 Å². The Hall–Kier alpha value is -2.99. The minimum absolute atomic E-state index is 0.169. The summed E-state index contributed by atoms with van der Waals surface area (Å²) in [5.41, 5.74) is 4.42. The number of halogens is 1. The number of nitrogens with one attached hydrogen (secondary N) is 1. The predicted octanol–water partition coefficient (Wildman–Crippen LogP) is 4.19. The van der Waals surface area contributed by atoms with E-state index in [-0.39, 0.29) is 5.56 Å². The van der Waals surface area contributed by atoms with Gasteiger partial charge in [-0.1, -0.05) is 29.8 Å². The Labute approximate surface area is 148 Å². The molecule has 0 atom stereocenters. The van der Waals surface area contributed by atoms with Gasteiger partial charge in [0, 0.05) is 18.0 Å². The Morgan fingerprint density at radius 1 is 1.20 bits per heavy atom. The fraction of sp³-hybridized carbons (Fsp3) is 0.111. The average molecular weight is 358 g/mol. The minimum atomic E-state index is -1.14. The number of carbonyl (C=O) groups is 1. The van der Waals surface area contributed by atoms with Crippen LogP contribution in [0.2, 0.25) is 5.02 Å². The highest BCUT2D eigenvalue weighted by Gasteiger charge is 2.15. The lowest BCUT2D eigenvalue weighted by molar-refractivity contribution is 0.203. The molecular weight excluding hydrogens is 342 g/mol. The van der Waals surface area contributed by atoms with Gasteiger partial charge in [-0.2, -0.15) is 5.01 Å². The van der Waals surface area contributed by atoms with Gasteiger partial charge in [0.2, 0.25) is 0 Å². The molecule has 25 heavy (non-hydrogen) atoms. The van der Waals surface area contributed by atoms with Crippen LogP contribution in [0.25, 0.3) is 10.9 Å². The first-order chi connectivity index (χ1) is 12.0. The van der Waals surface area contributed by atoms with Crippen LogP contribution in [0.4, 0.5) is 16.2 Å². The van der Waals surface area contributed by atoms with Crippen LogP contribution >= 0.6 is 11.6 Å². The molecule has 1 amide bonds. The SMILES string of the molecule is CCn1c(=O)cc(Cl)c2cc(NN(C(=O)O)c3ccccc3)ccc21. The highest BCUT2D eigenvalue weighted by Crippen LogP contribution is 2.26. The molecule has 0 radical (unpaired) electrons. The zero-order valence-electron chi connectivity index (χ0n) is 13.4. The summed E-state index contributed by atoms with van der Waals surface area (Å²) in [6.07, 6.45) is -1.14. The molecular formula is C18H16ClN3O3. The third-order valence-electron chi connectivity index (χ3n) is 3.82. The molecule has 128 valence electrons. The fourth-order valence-electron chi connectivity index (χ4n) is 2.67. The van der Waals surface area contributed by atoms with Crippen LogP contribution < -0.4 is 16.0 Å². The molecule has 1 aromatic heterocycles. The highest BCUT2D eigenvalue weighted by molar-refractivity contribution is 6.35. The van der Waals surface area contributed by atoms with Crippen molar-refractivity contribution in [3.05, 3.63) is 70.0 Å². The molecule has 0 bridgehead atoms. The number of fused-ring (bicyclic) bond motifs is 1. The normalized spacial score (nSPS) is 10.6. The molecule has 0 fully saturated rings. The van der Waals surface area contributed by atoms with E-state index in [2.05, 4.69) is 5.43 Å². The first-order valence-corrected chi connectivity index (χ1v) is 8.07. The first-order valence-electron chi connectivity index (χ1n) is 7.69. The van der Waals surface area contributed by atoms with E-state index in [0.29, 0.717) is 33.8 Å². The molecule has 0 saturated carbocycles. The van der Waals surface area contributed by atoms with Crippen molar-refractivity contribution in [2.24, 2.45) is 0 Å². The zero-order chi connectivity index (χ0) is 18.0. The minimum Gasteiger partial charge on any atom is -0.463 e. The Balaban J connectivity index is 2.04. The van der Waals surface area contributed by atoms with Crippen LogP contribution in [-0.4, -0.2) is 15.8 Å². The van der Waals surface area contributed by atoms with Crippen molar-refractivity contribution in [2.45, 2.75) is 13.5 Å². The number of aryl methyl sites for hydroxylation is 1. The number of pyridine rings is 1. The summed E-state index contributed by atoms with van der Waals surface area (Å²) in [6, 6.07) is 15.2. The molecule has 0 aliphatic rings. The summed E-state index contributed by atoms with van der Waals surface area (Å²) in [4.78, 5) is 23.6. The molecule has 0 aliphatic carbocycles. The molecule has 6 nitrogen and oxygen atoms in total. The number of hydrazine groups is 1. The van der Waals surface area contributed by atoms with Gasteiger partial charge in [-0.25, -0.2) is 4.79 Å². The average Bonchev–Trinajstić information content (AvgIpc) is 2.60. The van der Waals surface area contributed by atoms with Gasteiger partial charge in [0.05, 0.1) is 21.9 Å². The highest BCUT2D eigenvalue weighted by atomic mass is 35.5. The van der Waals surface area contributed by atoms with E-state index in [0.717, 1.165) is 5.01 Å². The van der Waals surface area contributed by atoms with Gasteiger partial charge >= 0.3 is 6.09 Å². The van der Waals surface area contributed by atoms with Gasteiger partial charge in [-0.3, -0.25) is 10.2 Å². The Morgan fingerprint density at radius 2 is 1.92 bits per heavy atom. The Kier molecular flexibility index (Phi) is 4.63. The zero-order valence-corrected chi connectivity index (χ0v) is 14.2. The molecule has 3 aromatic rings. The lowest BCUT2D eigenvalue weighted by Crippen LogP contribution is -2.34. The van der Waals surface area contributed by atoms with E-state index in [1.807, 2.05) is 13.0 Å². The van der Waals surface area contributed by atoms with E-state index < -0.39 is 6.09 Å². The third kappa shape index (κ3) is 3.29. The molecule has 7 heteroatoms. The molecule has 0 aliphatic heterocycles. The van der Waals surface area contributed by atoms with Crippen molar-refractivity contribution in [1.29, 1.82) is 0 Å². The number of benzene rings is 2. The maximum absolute atomic E-state index is 12.0. The van der Waals surface area contributed by atoms with Crippen LogP contribution in [0.3, 0.4) is 0 Å². The summed E-state index contributed by atoms with van der Waals surface area (Å²) < 4.78 is 1.61. The van der Waals surface area contributed by atoms with Crippen molar-refractivity contribution >= 4 is 40.0 Å². The smallest absolute Gasteiger partial charge is 0.430 e. The molecule has 3 rings (SSSR count). The summed E-state index contributed by atoms with van der Waals surface area (Å²) in [6.45, 7) is 2.40. The number of hydrogen-bond acceptors (Lipinski definition) is 3. The Morgan fingerprint density at radius 3 is 2.56 bits per heavy atom. The van der Waals surface area contributed by atoms with E-state index in [4.69, 9.17) is 11.6 Å². The van der Waals surface area contributed by atoms with Gasteiger partial charge in [0.1, 0.15) is 0 Å². The van der Waals surface area contributed by atoms with Gasteiger partial charge in [-0.15, -0.1) is 0 Å². The molecule has 1 heterocycles. The van der Waals surface area contributed by atoms with E-state index >= 15 is 0 Å². The number of aromatic nitrogens is 1. The fourth-order valence-corrected chi connectivity index (χ4v) is 2.91. The largest absolute Gasteiger partial charge is 0.463 e. The summed E-state index contributed by atoms with van der Waals surface area (Å²) in [7, 11) is 0. The molecule has 2 N–H and O–H groups in total. The topological polar surface area (TPSA) is 74.6 Å². The number of hydrogen-bond donors (Lipinski definition) is 2. The summed E-state index contributed by atoms with van der Waals surface area (Å²) in [5.74, 6) is 0. The van der Waals surface area contributed by atoms with Gasteiger partial charge in [-0.05, 0) is 37.3 Å². The number of anilines is 2. The van der Waals surface area contributed by atoms with E-state index in [1.165, 1.54) is 6.07 Å². The maximum Gasteiger partial charge on any atom is 0.430 e. The monoisotopic (exact) mass is 357 g/mol. The summed E-state index contributed by atoms with van der Waals surface area (Å²) >= 11 is 6.21. The van der Waals surface area contributed by atoms with Gasteiger partial charge in [0.25, 0.3) is 5.56 Å². The van der Waals surface area contributed by atoms with Crippen LogP contribution in [0.5, 0.6) is 0 Å². The second-order valence-corrected chi connectivity index (χ2v) is 5.78. The number of amides is 1.